The molecule has 1 aromatic heterocycles. The van der Waals surface area contributed by atoms with Gasteiger partial charge in [0.2, 0.25) is 0 Å². The molecule has 2 aliphatic rings. The van der Waals surface area contributed by atoms with Crippen LogP contribution in [0.1, 0.15) is 87.3 Å². The van der Waals surface area contributed by atoms with Gasteiger partial charge in [0.05, 0.1) is 31.0 Å². The van der Waals surface area contributed by atoms with Crippen molar-refractivity contribution in [2.24, 2.45) is 0 Å². The van der Waals surface area contributed by atoms with E-state index in [1.165, 1.54) is 0 Å². The van der Waals surface area contributed by atoms with E-state index in [0.29, 0.717) is 22.9 Å². The number of rotatable bonds is 19. The van der Waals surface area contributed by atoms with Crippen molar-refractivity contribution in [1.82, 2.24) is 4.98 Å². The Morgan fingerprint density at radius 2 is 1.69 bits per heavy atom. The number of para-hydroxylation sites is 1. The van der Waals surface area contributed by atoms with E-state index in [9.17, 15) is 25.2 Å². The first kappa shape index (κ1) is 36.7. The third kappa shape index (κ3) is 9.14. The molecule has 2 fully saturated rings. The minimum Gasteiger partial charge on any atom is -0.490 e. The minimum atomic E-state index is -1.71. The van der Waals surface area contributed by atoms with Crippen LogP contribution in [0.15, 0.2) is 54.9 Å². The second-order valence-corrected chi connectivity index (χ2v) is 14.0. The molecular formula is C37H45Cl2NO8. The first-order valence-corrected chi connectivity index (χ1v) is 17.5. The van der Waals surface area contributed by atoms with Crippen molar-refractivity contribution in [1.29, 1.82) is 0 Å². The monoisotopic (exact) mass is 701 g/mol. The van der Waals surface area contributed by atoms with E-state index in [1.807, 2.05) is 49.5 Å². The lowest BCUT2D eigenvalue weighted by Gasteiger charge is -2.25. The molecule has 1 heterocycles. The molecule has 48 heavy (non-hydrogen) atoms. The number of benzene rings is 2. The fraction of sp³-hybridized carbons (Fsp3) is 0.514. The fourth-order valence-corrected chi connectivity index (χ4v) is 6.59. The van der Waals surface area contributed by atoms with Gasteiger partial charge in [-0.05, 0) is 91.8 Å². The molecule has 5 N–H and O–H groups in total. The van der Waals surface area contributed by atoms with Crippen LogP contribution in [0.5, 0.6) is 5.75 Å². The van der Waals surface area contributed by atoms with Gasteiger partial charge in [0.1, 0.15) is 29.8 Å². The summed E-state index contributed by atoms with van der Waals surface area (Å²) in [6.07, 6.45) is 3.00. The van der Waals surface area contributed by atoms with E-state index >= 15 is 0 Å². The van der Waals surface area contributed by atoms with Crippen LogP contribution in [0.3, 0.4) is 0 Å². The fourth-order valence-electron chi connectivity index (χ4n) is 5.99. The largest absolute Gasteiger partial charge is 0.490 e. The van der Waals surface area contributed by atoms with Gasteiger partial charge in [-0.1, -0.05) is 48.3 Å². The molecule has 5 atom stereocenters. The smallest absolute Gasteiger partial charge is 0.133 e. The first-order valence-electron chi connectivity index (χ1n) is 16.7. The zero-order valence-electron chi connectivity index (χ0n) is 27.1. The maximum Gasteiger partial charge on any atom is 0.133 e. The van der Waals surface area contributed by atoms with Crippen LogP contribution in [0.2, 0.25) is 10.0 Å². The van der Waals surface area contributed by atoms with E-state index in [-0.39, 0.29) is 43.7 Å². The van der Waals surface area contributed by atoms with Crippen molar-refractivity contribution in [3.8, 4) is 16.9 Å². The Hall–Kier alpha value is -2.60. The van der Waals surface area contributed by atoms with Crippen LogP contribution in [0.25, 0.3) is 11.1 Å². The molecule has 1 unspecified atom stereocenters. The molecule has 2 saturated carbocycles. The van der Waals surface area contributed by atoms with Crippen LogP contribution in [0, 0.1) is 0 Å². The number of carbonyl (C=O) groups is 1. The lowest BCUT2D eigenvalue weighted by Crippen LogP contribution is -2.45. The number of hydrogen-bond acceptors (Lipinski definition) is 9. The Bertz CT molecular complexity index is 1550. The number of Topliss-reactive ketones (excluding diaryl/α,β-unsaturated/α-hetero) is 1. The third-order valence-electron chi connectivity index (χ3n) is 9.35. The summed E-state index contributed by atoms with van der Waals surface area (Å²) in [6, 6.07) is 13.9. The molecule has 0 saturated heterocycles. The summed E-state index contributed by atoms with van der Waals surface area (Å²) < 4.78 is 12.8. The predicted octanol–water partition coefficient (Wildman–Crippen LogP) is 5.86. The molecule has 0 aliphatic heterocycles. The summed E-state index contributed by atoms with van der Waals surface area (Å²) in [5.74, 6) is 0.816. The summed E-state index contributed by atoms with van der Waals surface area (Å²) in [5, 5.41) is 49.2. The van der Waals surface area contributed by atoms with E-state index in [4.69, 9.17) is 37.8 Å². The Labute approximate surface area is 291 Å². The topological polar surface area (TPSA) is 150 Å². The number of carbonyl (C=O) groups excluding carboxylic acids is 1. The van der Waals surface area contributed by atoms with Crippen molar-refractivity contribution >= 4 is 29.0 Å². The van der Waals surface area contributed by atoms with Crippen LogP contribution < -0.4 is 4.74 Å². The van der Waals surface area contributed by atoms with Gasteiger partial charge in [-0.3, -0.25) is 9.78 Å². The standard InChI is InChI=1S/C37H45Cl2NO8/c1-22(5-4-6-24(42)9-12-32(43)35(45)36(46)33(44)20-41)28-18-30(38)23(17-31(28)39)21-47-37(14-15-37)29-19-40-16-13-26(29)27-7-2-3-8-34(27)48-25-10-11-25/h2-3,7-8,13,16-19,22,25,32-33,35-36,41,43-46H,4-6,9-12,14-15,20-21H2,1H3/t22?,32-,33+,35+,36+/m0/s1. The van der Waals surface area contributed by atoms with Gasteiger partial charge >= 0.3 is 0 Å². The average Bonchev–Trinajstić information content (AvgIpc) is 4.04. The van der Waals surface area contributed by atoms with Crippen LogP contribution in [-0.2, 0) is 21.7 Å². The number of aliphatic hydroxyl groups is 5. The third-order valence-corrected chi connectivity index (χ3v) is 10.0. The molecule has 0 radical (unpaired) electrons. The van der Waals surface area contributed by atoms with Gasteiger partial charge in [0.15, 0.2) is 0 Å². The number of aliphatic hydroxyl groups excluding tert-OH is 5. The SMILES string of the molecule is CC(CCCC(=O)CC[C@H](O)[C@@H](O)[C@H](O)[C@H](O)CO)c1cc(Cl)c(COC2(c3cnccc3-c3ccccc3OC3CC3)CC2)cc1Cl. The number of nitrogens with zero attached hydrogens (tertiary/aromatic N) is 1. The highest BCUT2D eigenvalue weighted by molar-refractivity contribution is 6.34. The molecule has 0 spiro atoms. The zero-order chi connectivity index (χ0) is 34.4. The quantitative estimate of drug-likeness (QED) is 0.104. The molecule has 0 amide bonds. The van der Waals surface area contributed by atoms with Gasteiger partial charge < -0.3 is 35.0 Å². The molecule has 9 nitrogen and oxygen atoms in total. The molecule has 0 bridgehead atoms. The Morgan fingerprint density at radius 3 is 2.40 bits per heavy atom. The van der Waals surface area contributed by atoms with Crippen molar-refractivity contribution < 1.29 is 39.8 Å². The molecule has 3 aromatic rings. The van der Waals surface area contributed by atoms with Crippen molar-refractivity contribution in [3.63, 3.8) is 0 Å². The molecule has 260 valence electrons. The van der Waals surface area contributed by atoms with Crippen molar-refractivity contribution in [2.75, 3.05) is 6.61 Å². The lowest BCUT2D eigenvalue weighted by atomic mass is 9.93. The van der Waals surface area contributed by atoms with Crippen molar-refractivity contribution in [2.45, 2.75) is 113 Å². The highest BCUT2D eigenvalue weighted by Gasteiger charge is 2.48. The minimum absolute atomic E-state index is 0.0125. The second kappa shape index (κ2) is 16.4. The second-order valence-electron chi connectivity index (χ2n) is 13.2. The molecule has 2 aromatic carbocycles. The van der Waals surface area contributed by atoms with Gasteiger partial charge in [0, 0.05) is 46.4 Å². The Kier molecular flexibility index (Phi) is 12.5. The summed E-state index contributed by atoms with van der Waals surface area (Å²) in [7, 11) is 0. The molecular weight excluding hydrogens is 657 g/mol. The number of aromatic nitrogens is 1. The van der Waals surface area contributed by atoms with Crippen molar-refractivity contribution in [3.05, 3.63) is 81.6 Å². The summed E-state index contributed by atoms with van der Waals surface area (Å²) in [6.45, 7) is 1.56. The number of pyridine rings is 1. The maximum atomic E-state index is 12.4. The van der Waals surface area contributed by atoms with E-state index in [2.05, 4.69) is 11.1 Å². The molecule has 5 rings (SSSR count). The van der Waals surface area contributed by atoms with Gasteiger partial charge in [0.25, 0.3) is 0 Å². The predicted molar refractivity (Wildman–Crippen MR) is 183 cm³/mol. The number of ether oxygens (including phenoxy) is 2. The summed E-state index contributed by atoms with van der Waals surface area (Å²) in [5.41, 5.74) is 4.32. The van der Waals surface area contributed by atoms with Gasteiger partial charge in [-0.2, -0.15) is 0 Å². The first-order chi connectivity index (χ1) is 23.0. The van der Waals surface area contributed by atoms with E-state index < -0.39 is 36.6 Å². The zero-order valence-corrected chi connectivity index (χ0v) is 28.6. The Balaban J connectivity index is 1.15. The van der Waals surface area contributed by atoms with Crippen LogP contribution in [-0.4, -0.2) is 73.4 Å². The average molecular weight is 703 g/mol. The highest BCUT2D eigenvalue weighted by Crippen LogP contribution is 2.53. The van der Waals surface area contributed by atoms with Gasteiger partial charge in [-0.25, -0.2) is 0 Å². The maximum absolute atomic E-state index is 12.4. The number of hydrogen-bond donors (Lipinski definition) is 5. The lowest BCUT2D eigenvalue weighted by molar-refractivity contribution is -0.125. The normalized spacial score (nSPS) is 18.5. The van der Waals surface area contributed by atoms with E-state index in [1.54, 1.807) is 6.20 Å². The number of ketones is 1. The highest BCUT2D eigenvalue weighted by atomic mass is 35.5. The van der Waals surface area contributed by atoms with Gasteiger partial charge in [-0.15, -0.1) is 0 Å². The molecule has 11 heteroatoms. The summed E-state index contributed by atoms with van der Waals surface area (Å²) >= 11 is 13.5. The number of halogens is 2. The van der Waals surface area contributed by atoms with Crippen LogP contribution >= 0.6 is 23.2 Å². The Morgan fingerprint density at radius 1 is 0.958 bits per heavy atom. The molecule has 2 aliphatic carbocycles. The summed E-state index contributed by atoms with van der Waals surface area (Å²) in [4.78, 5) is 16.9. The van der Waals surface area contributed by atoms with E-state index in [0.717, 1.165) is 59.3 Å². The van der Waals surface area contributed by atoms with Crippen LogP contribution in [0.4, 0.5) is 0 Å².